The van der Waals surface area contributed by atoms with Crippen LogP contribution in [0.15, 0.2) is 24.3 Å². The van der Waals surface area contributed by atoms with Gasteiger partial charge in [-0.15, -0.1) is 0 Å². The van der Waals surface area contributed by atoms with E-state index in [1.54, 1.807) is 17.0 Å². The molecule has 5 nitrogen and oxygen atoms in total. The predicted molar refractivity (Wildman–Crippen MR) is 86.3 cm³/mol. The van der Waals surface area contributed by atoms with Crippen LogP contribution in [0.25, 0.3) is 0 Å². The smallest absolute Gasteiger partial charge is 0.241 e. The first-order valence-electron chi connectivity index (χ1n) is 7.96. The number of carbonyl (C=O) groups excluding carboxylic acids is 2. The Hall–Kier alpha value is -1.95. The number of nitrogens with zero attached hydrogens (tertiary/aromatic N) is 2. The highest BCUT2D eigenvalue weighted by molar-refractivity contribution is 5.83. The molecule has 1 heterocycles. The first-order valence-corrected chi connectivity index (χ1v) is 7.96. The lowest BCUT2D eigenvalue weighted by molar-refractivity contribution is -0.127. The number of likely N-dealkylation sites (tertiary alicyclic amines) is 1. The van der Waals surface area contributed by atoms with E-state index in [9.17, 15) is 14.0 Å². The quantitative estimate of drug-likeness (QED) is 0.776. The first-order chi connectivity index (χ1) is 11.0. The number of hydrogen-bond donors (Lipinski definition) is 1. The zero-order valence-electron chi connectivity index (χ0n) is 13.7. The number of rotatable bonds is 7. The van der Waals surface area contributed by atoms with Crippen molar-refractivity contribution in [2.24, 2.45) is 0 Å². The van der Waals surface area contributed by atoms with E-state index in [0.717, 1.165) is 24.9 Å². The zero-order valence-corrected chi connectivity index (χ0v) is 13.7. The van der Waals surface area contributed by atoms with E-state index in [2.05, 4.69) is 5.32 Å². The number of hydrogen-bond acceptors (Lipinski definition) is 3. The third kappa shape index (κ3) is 4.76. The van der Waals surface area contributed by atoms with Gasteiger partial charge >= 0.3 is 0 Å². The Labute approximate surface area is 136 Å². The summed E-state index contributed by atoms with van der Waals surface area (Å²) in [4.78, 5) is 27.6. The number of nitrogens with one attached hydrogen (secondary N) is 1. The Bertz CT molecular complexity index is 545. The number of likely N-dealkylation sites (N-methyl/N-ethyl adjacent to an activating group) is 1. The van der Waals surface area contributed by atoms with E-state index < -0.39 is 6.04 Å². The standard InChI is InChI=1S/C17H24FN3O2/c1-20(2)16(13-6-8-14(18)9-7-13)17(23)19-10-4-12-21-11-3-5-15(21)22/h6-9,16H,3-5,10-12H2,1-2H3,(H,19,23)/t16-/m1/s1. The maximum atomic E-state index is 13.0. The second-order valence-electron chi connectivity index (χ2n) is 6.05. The molecule has 2 amide bonds. The van der Waals surface area contributed by atoms with Crippen molar-refractivity contribution in [3.05, 3.63) is 35.6 Å². The molecule has 2 rings (SSSR count). The van der Waals surface area contributed by atoms with Gasteiger partial charge in [0.1, 0.15) is 11.9 Å². The van der Waals surface area contributed by atoms with Crippen molar-refractivity contribution in [3.63, 3.8) is 0 Å². The van der Waals surface area contributed by atoms with Crippen LogP contribution >= 0.6 is 0 Å². The molecule has 0 saturated carbocycles. The molecule has 1 aromatic carbocycles. The normalized spacial score (nSPS) is 16.0. The molecule has 0 aliphatic carbocycles. The van der Waals surface area contributed by atoms with Gasteiger partial charge in [-0.1, -0.05) is 12.1 Å². The number of halogens is 1. The van der Waals surface area contributed by atoms with Crippen molar-refractivity contribution in [1.82, 2.24) is 15.1 Å². The average Bonchev–Trinajstić information content (AvgIpc) is 2.91. The van der Waals surface area contributed by atoms with E-state index in [4.69, 9.17) is 0 Å². The molecular formula is C17H24FN3O2. The molecule has 1 saturated heterocycles. The molecule has 1 aliphatic heterocycles. The summed E-state index contributed by atoms with van der Waals surface area (Å²) in [5.41, 5.74) is 0.753. The zero-order chi connectivity index (χ0) is 16.8. The molecule has 0 unspecified atom stereocenters. The summed E-state index contributed by atoms with van der Waals surface area (Å²) in [5.74, 6) is -0.231. The fourth-order valence-corrected chi connectivity index (χ4v) is 2.85. The molecule has 126 valence electrons. The van der Waals surface area contributed by atoms with Crippen LogP contribution in [0.4, 0.5) is 4.39 Å². The van der Waals surface area contributed by atoms with Crippen LogP contribution in [-0.4, -0.2) is 55.3 Å². The molecule has 6 heteroatoms. The fourth-order valence-electron chi connectivity index (χ4n) is 2.85. The summed E-state index contributed by atoms with van der Waals surface area (Å²) in [6.45, 7) is 2.03. The van der Waals surface area contributed by atoms with Gasteiger partial charge in [0.15, 0.2) is 0 Å². The Morgan fingerprint density at radius 3 is 2.61 bits per heavy atom. The lowest BCUT2D eigenvalue weighted by atomic mass is 10.1. The monoisotopic (exact) mass is 321 g/mol. The van der Waals surface area contributed by atoms with E-state index in [1.165, 1.54) is 12.1 Å². The van der Waals surface area contributed by atoms with Crippen LogP contribution in [0.3, 0.4) is 0 Å². The molecule has 0 radical (unpaired) electrons. The van der Waals surface area contributed by atoms with Crippen molar-refractivity contribution < 1.29 is 14.0 Å². The minimum absolute atomic E-state index is 0.116. The van der Waals surface area contributed by atoms with Gasteiger partial charge in [-0.3, -0.25) is 14.5 Å². The molecule has 0 spiro atoms. The van der Waals surface area contributed by atoms with Crippen molar-refractivity contribution in [2.75, 3.05) is 33.7 Å². The second kappa shape index (κ2) is 8.06. The summed E-state index contributed by atoms with van der Waals surface area (Å²) in [6.07, 6.45) is 2.30. The van der Waals surface area contributed by atoms with Crippen LogP contribution in [0.1, 0.15) is 30.9 Å². The van der Waals surface area contributed by atoms with Crippen molar-refractivity contribution in [2.45, 2.75) is 25.3 Å². The molecule has 0 bridgehead atoms. The van der Waals surface area contributed by atoms with Gasteiger partial charge in [-0.05, 0) is 44.6 Å². The lowest BCUT2D eigenvalue weighted by Crippen LogP contribution is -2.38. The number of carbonyl (C=O) groups is 2. The van der Waals surface area contributed by atoms with E-state index in [1.807, 2.05) is 19.0 Å². The second-order valence-corrected chi connectivity index (χ2v) is 6.05. The highest BCUT2D eigenvalue weighted by atomic mass is 19.1. The molecule has 1 N–H and O–H groups in total. The minimum Gasteiger partial charge on any atom is -0.354 e. The van der Waals surface area contributed by atoms with Crippen LogP contribution in [-0.2, 0) is 9.59 Å². The maximum Gasteiger partial charge on any atom is 0.241 e. The number of benzene rings is 1. The van der Waals surface area contributed by atoms with Crippen molar-refractivity contribution in [3.8, 4) is 0 Å². The molecule has 1 fully saturated rings. The summed E-state index contributed by atoms with van der Waals surface area (Å²) >= 11 is 0. The maximum absolute atomic E-state index is 13.0. The van der Waals surface area contributed by atoms with Crippen LogP contribution in [0.5, 0.6) is 0 Å². The Morgan fingerprint density at radius 2 is 2.04 bits per heavy atom. The highest BCUT2D eigenvalue weighted by Gasteiger charge is 2.23. The van der Waals surface area contributed by atoms with Crippen molar-refractivity contribution >= 4 is 11.8 Å². The van der Waals surface area contributed by atoms with Gasteiger partial charge in [0.25, 0.3) is 0 Å². The highest BCUT2D eigenvalue weighted by Crippen LogP contribution is 2.18. The van der Waals surface area contributed by atoms with E-state index >= 15 is 0 Å². The summed E-state index contributed by atoms with van der Waals surface area (Å²) in [6, 6.07) is 5.52. The predicted octanol–water partition coefficient (Wildman–Crippen LogP) is 1.56. The molecule has 1 aromatic rings. The molecular weight excluding hydrogens is 297 g/mol. The molecule has 1 atom stereocenters. The van der Waals surface area contributed by atoms with Gasteiger partial charge in [-0.2, -0.15) is 0 Å². The molecule has 1 aliphatic rings. The largest absolute Gasteiger partial charge is 0.354 e. The summed E-state index contributed by atoms with van der Waals surface area (Å²) < 4.78 is 13.0. The van der Waals surface area contributed by atoms with Gasteiger partial charge in [0.2, 0.25) is 11.8 Å². The van der Waals surface area contributed by atoms with Gasteiger partial charge in [-0.25, -0.2) is 4.39 Å². The fraction of sp³-hybridized carbons (Fsp3) is 0.529. The van der Waals surface area contributed by atoms with Crippen LogP contribution in [0.2, 0.25) is 0 Å². The van der Waals surface area contributed by atoms with Crippen molar-refractivity contribution in [1.29, 1.82) is 0 Å². The first kappa shape index (κ1) is 17.4. The average molecular weight is 321 g/mol. The van der Waals surface area contributed by atoms with Gasteiger partial charge < -0.3 is 10.2 Å². The van der Waals surface area contributed by atoms with E-state index in [-0.39, 0.29) is 17.6 Å². The van der Waals surface area contributed by atoms with Crippen LogP contribution in [0, 0.1) is 5.82 Å². The van der Waals surface area contributed by atoms with Crippen LogP contribution < -0.4 is 5.32 Å². The topological polar surface area (TPSA) is 52.7 Å². The number of amides is 2. The minimum atomic E-state index is -0.455. The SMILES string of the molecule is CN(C)[C@@H](C(=O)NCCCN1CCCC1=O)c1ccc(F)cc1. The third-order valence-corrected chi connectivity index (χ3v) is 4.03. The lowest BCUT2D eigenvalue weighted by Gasteiger charge is -2.24. The summed E-state index contributed by atoms with van der Waals surface area (Å²) in [7, 11) is 3.63. The Kier molecular flexibility index (Phi) is 6.10. The van der Waals surface area contributed by atoms with Gasteiger partial charge in [0.05, 0.1) is 0 Å². The molecule has 0 aromatic heterocycles. The van der Waals surface area contributed by atoms with E-state index in [0.29, 0.717) is 19.5 Å². The Balaban J connectivity index is 1.84. The Morgan fingerprint density at radius 1 is 1.35 bits per heavy atom. The molecule has 23 heavy (non-hydrogen) atoms. The van der Waals surface area contributed by atoms with Gasteiger partial charge in [0, 0.05) is 26.1 Å². The summed E-state index contributed by atoms with van der Waals surface area (Å²) in [5, 5.41) is 2.90. The third-order valence-electron chi connectivity index (χ3n) is 4.03.